The zero-order chi connectivity index (χ0) is 30.0. The molecule has 3 aliphatic rings. The topological polar surface area (TPSA) is 111 Å². The minimum Gasteiger partial charge on any atom is -0.494 e. The lowest BCUT2D eigenvalue weighted by Crippen LogP contribution is -2.54. The number of rotatable bonds is 12. The molecular weight excluding hydrogens is 552 g/mol. The Morgan fingerprint density at radius 2 is 1.64 bits per heavy atom. The SMILES string of the molecule is CCOc1ccc(NC(=O)[C@@H]2[C@@H]3CC(C)C4(S3)C(C(=O)Nc3ccc(N(CC)CC)cc3)N(CCCO)C(=O)[C@H]24)cc1. The molecule has 1 spiro atoms. The van der Waals surface area contributed by atoms with Crippen LogP contribution in [0, 0.1) is 17.8 Å². The second-order valence-corrected chi connectivity index (χ2v) is 12.9. The third-order valence-corrected chi connectivity index (χ3v) is 11.1. The lowest BCUT2D eigenvalue weighted by Gasteiger charge is -2.38. The summed E-state index contributed by atoms with van der Waals surface area (Å²) in [6.07, 6.45) is 1.12. The number of amides is 3. The molecule has 3 aliphatic heterocycles. The number of nitrogens with one attached hydrogen (secondary N) is 2. The molecule has 10 heteroatoms. The van der Waals surface area contributed by atoms with Gasteiger partial charge in [0.2, 0.25) is 17.7 Å². The fraction of sp³-hybridized carbons (Fsp3) is 0.531. The first-order valence-electron chi connectivity index (χ1n) is 15.1. The standard InChI is InChI=1S/C32H42N4O5S/c1-5-35(6-2)23-13-9-21(10-14-23)34-30(39)28-32-20(4)19-25(42-32)26(27(32)31(40)36(28)17-8-18-37)29(38)33-22-11-15-24(16-12-22)41-7-3/h9-16,20,25-28,37H,5-8,17-19H2,1-4H3,(H,33,38)(H,34,39)/t20?,25-,26+,27-,28?,32?/m0/s1. The zero-order valence-corrected chi connectivity index (χ0v) is 25.7. The second kappa shape index (κ2) is 12.6. The number of benzene rings is 2. The molecule has 42 heavy (non-hydrogen) atoms. The molecule has 226 valence electrons. The Balaban J connectivity index is 1.41. The fourth-order valence-electron chi connectivity index (χ4n) is 7.18. The second-order valence-electron chi connectivity index (χ2n) is 11.3. The number of carbonyl (C=O) groups excluding carboxylic acids is 3. The van der Waals surface area contributed by atoms with Gasteiger partial charge in [-0.3, -0.25) is 14.4 Å². The molecule has 0 radical (unpaired) electrons. The molecule has 0 aliphatic carbocycles. The number of likely N-dealkylation sites (tertiary alicyclic amines) is 1. The molecule has 2 aromatic rings. The van der Waals surface area contributed by atoms with E-state index in [9.17, 15) is 19.5 Å². The molecule has 3 heterocycles. The van der Waals surface area contributed by atoms with E-state index < -0.39 is 22.6 Å². The van der Waals surface area contributed by atoms with Gasteiger partial charge in [-0.2, -0.15) is 0 Å². The van der Waals surface area contributed by atoms with E-state index in [1.54, 1.807) is 28.8 Å². The van der Waals surface area contributed by atoms with Crippen LogP contribution in [-0.4, -0.2) is 76.6 Å². The van der Waals surface area contributed by atoms with Crippen molar-refractivity contribution in [3.8, 4) is 5.75 Å². The summed E-state index contributed by atoms with van der Waals surface area (Å²) in [6, 6.07) is 14.3. The van der Waals surface area contributed by atoms with Gasteiger partial charge in [-0.1, -0.05) is 6.92 Å². The van der Waals surface area contributed by atoms with Gasteiger partial charge in [0, 0.05) is 48.6 Å². The summed E-state index contributed by atoms with van der Waals surface area (Å²) in [7, 11) is 0. The van der Waals surface area contributed by atoms with Crippen LogP contribution in [-0.2, 0) is 14.4 Å². The number of nitrogens with zero attached hydrogens (tertiary/aromatic N) is 2. The Morgan fingerprint density at radius 1 is 1.02 bits per heavy atom. The van der Waals surface area contributed by atoms with Gasteiger partial charge in [0.15, 0.2) is 0 Å². The van der Waals surface area contributed by atoms with E-state index in [1.165, 1.54) is 0 Å². The number of fused-ring (bicyclic) bond motifs is 1. The van der Waals surface area contributed by atoms with Crippen molar-refractivity contribution >= 4 is 46.5 Å². The van der Waals surface area contributed by atoms with Crippen molar-refractivity contribution < 1.29 is 24.2 Å². The average molecular weight is 595 g/mol. The van der Waals surface area contributed by atoms with Crippen molar-refractivity contribution in [3.05, 3.63) is 48.5 Å². The lowest BCUT2D eigenvalue weighted by atomic mass is 9.66. The van der Waals surface area contributed by atoms with Gasteiger partial charge in [0.1, 0.15) is 11.8 Å². The third kappa shape index (κ3) is 5.24. The first-order chi connectivity index (χ1) is 20.3. The molecule has 9 nitrogen and oxygen atoms in total. The van der Waals surface area contributed by atoms with Crippen molar-refractivity contribution in [3.63, 3.8) is 0 Å². The van der Waals surface area contributed by atoms with Crippen LogP contribution in [0.5, 0.6) is 5.75 Å². The molecule has 0 saturated carbocycles. The van der Waals surface area contributed by atoms with E-state index in [4.69, 9.17) is 4.74 Å². The molecule has 3 N–H and O–H groups in total. The Morgan fingerprint density at radius 3 is 2.24 bits per heavy atom. The minimum atomic E-state index is -0.739. The fourth-order valence-corrected chi connectivity index (χ4v) is 9.61. The van der Waals surface area contributed by atoms with E-state index >= 15 is 0 Å². The molecular formula is C32H42N4O5S. The lowest BCUT2D eigenvalue weighted by molar-refractivity contribution is -0.138. The summed E-state index contributed by atoms with van der Waals surface area (Å²) in [5.74, 6) is -0.983. The van der Waals surface area contributed by atoms with Crippen LogP contribution in [0.25, 0.3) is 0 Å². The molecule has 0 aromatic heterocycles. The van der Waals surface area contributed by atoms with E-state index in [0.717, 1.165) is 30.9 Å². The Labute approximate surface area is 252 Å². The first-order valence-corrected chi connectivity index (χ1v) is 16.0. The maximum atomic E-state index is 14.1. The Hall–Kier alpha value is -3.24. The molecule has 3 amide bonds. The monoisotopic (exact) mass is 594 g/mol. The Kier molecular flexibility index (Phi) is 9.03. The van der Waals surface area contributed by atoms with Gasteiger partial charge >= 0.3 is 0 Å². The number of carbonyl (C=O) groups is 3. The summed E-state index contributed by atoms with van der Waals surface area (Å²) in [6.45, 7) is 10.7. The maximum Gasteiger partial charge on any atom is 0.248 e. The van der Waals surface area contributed by atoms with Crippen LogP contribution in [0.2, 0.25) is 0 Å². The third-order valence-electron chi connectivity index (χ3n) is 9.05. The quantitative estimate of drug-likeness (QED) is 0.337. The molecule has 3 saturated heterocycles. The maximum absolute atomic E-state index is 14.1. The number of thioether (sulfide) groups is 1. The van der Waals surface area contributed by atoms with E-state index in [-0.39, 0.29) is 42.0 Å². The van der Waals surface area contributed by atoms with Crippen molar-refractivity contribution in [2.75, 3.05) is 48.4 Å². The van der Waals surface area contributed by atoms with Gasteiger partial charge in [-0.25, -0.2) is 0 Å². The predicted octanol–water partition coefficient (Wildman–Crippen LogP) is 4.23. The Bertz CT molecular complexity index is 1280. The smallest absolute Gasteiger partial charge is 0.248 e. The van der Waals surface area contributed by atoms with Crippen molar-refractivity contribution in [1.82, 2.24) is 4.90 Å². The number of anilines is 3. The van der Waals surface area contributed by atoms with Crippen LogP contribution in [0.1, 0.15) is 40.5 Å². The first kappa shape index (κ1) is 30.2. The summed E-state index contributed by atoms with van der Waals surface area (Å²) in [5, 5.41) is 15.7. The molecule has 3 unspecified atom stereocenters. The van der Waals surface area contributed by atoms with Crippen LogP contribution >= 0.6 is 11.8 Å². The number of aliphatic hydroxyl groups excluding tert-OH is 1. The number of aliphatic hydroxyl groups is 1. The van der Waals surface area contributed by atoms with Crippen LogP contribution < -0.4 is 20.3 Å². The summed E-state index contributed by atoms with van der Waals surface area (Å²) in [5.41, 5.74) is 2.39. The number of hydrogen-bond acceptors (Lipinski definition) is 7. The van der Waals surface area contributed by atoms with Crippen molar-refractivity contribution in [2.24, 2.45) is 17.8 Å². The highest BCUT2D eigenvalue weighted by Crippen LogP contribution is 2.68. The van der Waals surface area contributed by atoms with E-state index in [1.807, 2.05) is 43.3 Å². The predicted molar refractivity (Wildman–Crippen MR) is 167 cm³/mol. The van der Waals surface area contributed by atoms with Crippen molar-refractivity contribution in [2.45, 2.75) is 56.6 Å². The molecule has 5 rings (SSSR count). The molecule has 6 atom stereocenters. The largest absolute Gasteiger partial charge is 0.494 e. The van der Waals surface area contributed by atoms with Gasteiger partial charge in [0.25, 0.3) is 0 Å². The van der Waals surface area contributed by atoms with E-state index in [2.05, 4.69) is 36.3 Å². The number of ether oxygens (including phenoxy) is 1. The summed E-state index contributed by atoms with van der Waals surface area (Å²) >= 11 is 1.64. The highest BCUT2D eigenvalue weighted by Gasteiger charge is 2.75. The van der Waals surface area contributed by atoms with Crippen LogP contribution in [0.3, 0.4) is 0 Å². The zero-order valence-electron chi connectivity index (χ0n) is 24.8. The van der Waals surface area contributed by atoms with Crippen molar-refractivity contribution in [1.29, 1.82) is 0 Å². The highest BCUT2D eigenvalue weighted by atomic mass is 32.2. The van der Waals surface area contributed by atoms with Gasteiger partial charge < -0.3 is 30.3 Å². The summed E-state index contributed by atoms with van der Waals surface area (Å²) in [4.78, 5) is 45.8. The molecule has 2 aromatic carbocycles. The minimum absolute atomic E-state index is 0.0553. The normalized spacial score (nSPS) is 27.6. The molecule has 3 fully saturated rings. The van der Waals surface area contributed by atoms with Crippen LogP contribution in [0.15, 0.2) is 48.5 Å². The summed E-state index contributed by atoms with van der Waals surface area (Å²) < 4.78 is 4.79. The molecule has 2 bridgehead atoms. The van der Waals surface area contributed by atoms with Gasteiger partial charge in [-0.05, 0) is 88.1 Å². The van der Waals surface area contributed by atoms with Gasteiger partial charge in [0.05, 0.1) is 23.2 Å². The van der Waals surface area contributed by atoms with Crippen LogP contribution in [0.4, 0.5) is 17.1 Å². The van der Waals surface area contributed by atoms with Gasteiger partial charge in [-0.15, -0.1) is 11.8 Å². The number of hydrogen-bond donors (Lipinski definition) is 3. The highest BCUT2D eigenvalue weighted by molar-refractivity contribution is 8.02. The average Bonchev–Trinajstić information content (AvgIpc) is 3.58. The van der Waals surface area contributed by atoms with E-state index in [0.29, 0.717) is 24.4 Å².